The number of carbonyl (C=O) groups is 1. The van der Waals surface area contributed by atoms with Crippen molar-refractivity contribution in [2.45, 2.75) is 32.4 Å². The Balaban J connectivity index is 1.42. The second-order valence-electron chi connectivity index (χ2n) is 5.83. The molecule has 0 aliphatic carbocycles. The number of ether oxygens (including phenoxy) is 1. The van der Waals surface area contributed by atoms with Crippen LogP contribution in [-0.2, 0) is 11.3 Å². The van der Waals surface area contributed by atoms with Crippen molar-refractivity contribution in [1.29, 1.82) is 0 Å². The van der Waals surface area contributed by atoms with Crippen molar-refractivity contribution >= 4 is 11.6 Å². The van der Waals surface area contributed by atoms with Gasteiger partial charge in [0.25, 0.3) is 11.8 Å². The first kappa shape index (κ1) is 14.8. The van der Waals surface area contributed by atoms with Gasteiger partial charge in [-0.2, -0.15) is 4.98 Å². The van der Waals surface area contributed by atoms with Crippen LogP contribution in [0.5, 0.6) is 0 Å². The quantitative estimate of drug-likeness (QED) is 0.785. The minimum absolute atomic E-state index is 0.122. The van der Waals surface area contributed by atoms with E-state index in [0.717, 1.165) is 24.1 Å². The summed E-state index contributed by atoms with van der Waals surface area (Å²) in [5, 5.41) is 6.63. The number of aryl methyl sites for hydroxylation is 1. The number of hydrogen-bond acceptors (Lipinski definition) is 6. The summed E-state index contributed by atoms with van der Waals surface area (Å²) in [5.41, 5.74) is 2.18. The molecule has 0 spiro atoms. The lowest BCUT2D eigenvalue weighted by Crippen LogP contribution is -2.23. The predicted octanol–water partition coefficient (Wildman–Crippen LogP) is 1.81. The van der Waals surface area contributed by atoms with Gasteiger partial charge in [0, 0.05) is 19.0 Å². The van der Waals surface area contributed by atoms with Gasteiger partial charge in [0.2, 0.25) is 0 Å². The van der Waals surface area contributed by atoms with Gasteiger partial charge in [-0.1, -0.05) is 11.2 Å². The number of amides is 1. The van der Waals surface area contributed by atoms with Gasteiger partial charge >= 0.3 is 0 Å². The van der Waals surface area contributed by atoms with Gasteiger partial charge in [0.05, 0.1) is 6.54 Å². The Morgan fingerprint density at radius 3 is 3.12 bits per heavy atom. The monoisotopic (exact) mass is 327 g/mol. The van der Waals surface area contributed by atoms with Gasteiger partial charge in [-0.15, -0.1) is 0 Å². The molecule has 24 heavy (non-hydrogen) atoms. The highest BCUT2D eigenvalue weighted by Crippen LogP contribution is 2.26. The minimum atomic E-state index is -0.278. The number of fused-ring (bicyclic) bond motifs is 1. The van der Waals surface area contributed by atoms with Crippen LogP contribution >= 0.6 is 0 Å². The van der Waals surface area contributed by atoms with Crippen LogP contribution in [0.25, 0.3) is 5.65 Å². The molecular weight excluding hydrogens is 310 g/mol. The second kappa shape index (κ2) is 6.04. The van der Waals surface area contributed by atoms with Crippen molar-refractivity contribution in [3.05, 3.63) is 47.5 Å². The highest BCUT2D eigenvalue weighted by atomic mass is 16.5. The molecule has 8 heteroatoms. The third-order valence-corrected chi connectivity index (χ3v) is 3.93. The summed E-state index contributed by atoms with van der Waals surface area (Å²) in [7, 11) is 0. The molecule has 1 aliphatic rings. The van der Waals surface area contributed by atoms with Gasteiger partial charge in [0.15, 0.2) is 5.82 Å². The number of hydrogen-bond donors (Lipinski definition) is 1. The lowest BCUT2D eigenvalue weighted by molar-refractivity contribution is 0.0835. The van der Waals surface area contributed by atoms with Crippen LogP contribution in [0.4, 0.5) is 0 Å². The molecule has 124 valence electrons. The van der Waals surface area contributed by atoms with Crippen LogP contribution in [0.15, 0.2) is 29.0 Å². The van der Waals surface area contributed by atoms with E-state index in [4.69, 9.17) is 9.26 Å². The van der Waals surface area contributed by atoms with E-state index in [2.05, 4.69) is 20.4 Å². The molecule has 0 aromatic carbocycles. The summed E-state index contributed by atoms with van der Waals surface area (Å²) in [5.74, 6) is 0.619. The maximum atomic E-state index is 12.2. The number of rotatable bonds is 4. The summed E-state index contributed by atoms with van der Waals surface area (Å²) in [6.45, 7) is 2.88. The lowest BCUT2D eigenvalue weighted by atomic mass is 10.2. The largest absolute Gasteiger partial charge is 0.368 e. The summed E-state index contributed by atoms with van der Waals surface area (Å²) in [6.07, 6.45) is 5.38. The van der Waals surface area contributed by atoms with E-state index in [-0.39, 0.29) is 18.6 Å². The SMILES string of the molecule is Cc1ccc2nc(C(=O)NCc3noc(C4CCCO4)n3)cn2c1. The molecule has 1 saturated heterocycles. The van der Waals surface area contributed by atoms with Gasteiger partial charge in [-0.25, -0.2) is 4.98 Å². The van der Waals surface area contributed by atoms with Crippen molar-refractivity contribution in [3.63, 3.8) is 0 Å². The molecule has 0 bridgehead atoms. The first-order valence-electron chi connectivity index (χ1n) is 7.87. The number of aromatic nitrogens is 4. The molecule has 1 unspecified atom stereocenters. The first-order chi connectivity index (χ1) is 11.7. The fourth-order valence-corrected chi connectivity index (χ4v) is 2.70. The summed E-state index contributed by atoms with van der Waals surface area (Å²) < 4.78 is 12.5. The summed E-state index contributed by atoms with van der Waals surface area (Å²) in [6, 6.07) is 3.83. The summed E-state index contributed by atoms with van der Waals surface area (Å²) >= 11 is 0. The standard InChI is InChI=1S/C16H17N5O3/c1-10-4-5-14-18-11(9-21(14)8-10)15(22)17-7-13-19-16(24-20-13)12-3-2-6-23-12/h4-5,8-9,12H,2-3,6-7H2,1H3,(H,17,22). The van der Waals surface area contributed by atoms with Crippen LogP contribution in [-0.4, -0.2) is 32.0 Å². The molecule has 1 amide bonds. The van der Waals surface area contributed by atoms with E-state index in [0.29, 0.717) is 24.0 Å². The zero-order valence-corrected chi connectivity index (χ0v) is 13.2. The molecule has 0 radical (unpaired) electrons. The van der Waals surface area contributed by atoms with Crippen molar-refractivity contribution in [3.8, 4) is 0 Å². The van der Waals surface area contributed by atoms with Crippen molar-refractivity contribution in [2.24, 2.45) is 0 Å². The molecule has 4 heterocycles. The Morgan fingerprint density at radius 1 is 1.38 bits per heavy atom. The molecule has 1 fully saturated rings. The second-order valence-corrected chi connectivity index (χ2v) is 5.83. The Kier molecular flexibility index (Phi) is 3.73. The van der Waals surface area contributed by atoms with Crippen LogP contribution in [0.2, 0.25) is 0 Å². The molecule has 4 rings (SSSR count). The highest BCUT2D eigenvalue weighted by molar-refractivity contribution is 5.92. The Morgan fingerprint density at radius 2 is 2.29 bits per heavy atom. The number of pyridine rings is 1. The van der Waals surface area contributed by atoms with E-state index in [9.17, 15) is 4.79 Å². The number of imidazole rings is 1. The van der Waals surface area contributed by atoms with Gasteiger partial charge in [-0.3, -0.25) is 4.79 Å². The van der Waals surface area contributed by atoms with Crippen LogP contribution in [0.3, 0.4) is 0 Å². The molecule has 1 atom stereocenters. The van der Waals surface area contributed by atoms with Crippen LogP contribution in [0, 0.1) is 6.92 Å². The first-order valence-corrected chi connectivity index (χ1v) is 7.87. The Hall–Kier alpha value is -2.74. The fraction of sp³-hybridized carbons (Fsp3) is 0.375. The molecule has 1 aliphatic heterocycles. The van der Waals surface area contributed by atoms with Crippen LogP contribution < -0.4 is 5.32 Å². The van der Waals surface area contributed by atoms with Crippen LogP contribution in [0.1, 0.15) is 46.7 Å². The molecular formula is C16H17N5O3. The van der Waals surface area contributed by atoms with Gasteiger partial charge in [0.1, 0.15) is 17.4 Å². The topological polar surface area (TPSA) is 94.6 Å². The maximum Gasteiger partial charge on any atom is 0.271 e. The molecule has 0 saturated carbocycles. The number of nitrogens with one attached hydrogen (secondary N) is 1. The van der Waals surface area contributed by atoms with E-state index in [1.807, 2.05) is 29.7 Å². The van der Waals surface area contributed by atoms with Crippen molar-refractivity contribution in [2.75, 3.05) is 6.61 Å². The van der Waals surface area contributed by atoms with E-state index >= 15 is 0 Å². The minimum Gasteiger partial charge on any atom is -0.368 e. The average Bonchev–Trinajstić information content (AvgIpc) is 3.30. The number of nitrogens with zero attached hydrogens (tertiary/aromatic N) is 4. The van der Waals surface area contributed by atoms with Crippen molar-refractivity contribution in [1.82, 2.24) is 24.8 Å². The average molecular weight is 327 g/mol. The Labute approximate surface area is 137 Å². The van der Waals surface area contributed by atoms with E-state index in [1.54, 1.807) is 6.20 Å². The fourth-order valence-electron chi connectivity index (χ4n) is 2.70. The van der Waals surface area contributed by atoms with Gasteiger partial charge in [-0.05, 0) is 31.4 Å². The molecule has 1 N–H and O–H groups in total. The normalized spacial score (nSPS) is 17.5. The zero-order valence-electron chi connectivity index (χ0n) is 13.2. The third kappa shape index (κ3) is 2.88. The Bertz CT molecular complexity index is 879. The van der Waals surface area contributed by atoms with Gasteiger partial charge < -0.3 is 19.0 Å². The van der Waals surface area contributed by atoms with E-state index in [1.165, 1.54) is 0 Å². The number of carbonyl (C=O) groups excluding carboxylic acids is 1. The predicted molar refractivity (Wildman–Crippen MR) is 83.3 cm³/mol. The molecule has 8 nitrogen and oxygen atoms in total. The third-order valence-electron chi connectivity index (χ3n) is 3.93. The van der Waals surface area contributed by atoms with Crippen molar-refractivity contribution < 1.29 is 14.1 Å². The smallest absolute Gasteiger partial charge is 0.271 e. The maximum absolute atomic E-state index is 12.2. The molecule has 3 aromatic rings. The molecule has 3 aromatic heterocycles. The van der Waals surface area contributed by atoms with E-state index < -0.39 is 0 Å². The summed E-state index contributed by atoms with van der Waals surface area (Å²) in [4.78, 5) is 20.8. The zero-order chi connectivity index (χ0) is 16.5. The highest BCUT2D eigenvalue weighted by Gasteiger charge is 2.24. The lowest BCUT2D eigenvalue weighted by Gasteiger charge is -2.00.